The van der Waals surface area contributed by atoms with Crippen molar-refractivity contribution in [2.24, 2.45) is 10.9 Å². The number of nitrogens with zero attached hydrogens (tertiary/aromatic N) is 1. The summed E-state index contributed by atoms with van der Waals surface area (Å²) in [5, 5.41) is 11.1. The van der Waals surface area contributed by atoms with Crippen LogP contribution in [-0.4, -0.2) is 25.5 Å². The first-order valence-electron chi connectivity index (χ1n) is 9.21. The number of likely N-dealkylation sites (N-methyl/N-ethyl adjacent to an activating group) is 1. The Balaban J connectivity index is 0.000000292. The average Bonchev–Trinajstić information content (AvgIpc) is 3.23. The van der Waals surface area contributed by atoms with Crippen molar-refractivity contribution < 1.29 is 4.39 Å². The van der Waals surface area contributed by atoms with Crippen LogP contribution in [0.1, 0.15) is 24.0 Å². The van der Waals surface area contributed by atoms with Crippen LogP contribution in [0.4, 0.5) is 10.1 Å². The molecule has 1 aliphatic carbocycles. The minimum Gasteiger partial charge on any atom is -0.396 e. The molecule has 1 heterocycles. The van der Waals surface area contributed by atoms with E-state index in [9.17, 15) is 4.39 Å². The molecule has 1 aromatic carbocycles. The predicted molar refractivity (Wildman–Crippen MR) is 118 cm³/mol. The van der Waals surface area contributed by atoms with Gasteiger partial charge in [0.15, 0.2) is 0 Å². The number of rotatable bonds is 6. The number of nitrogen functional groups attached to an aromatic ring is 1. The van der Waals surface area contributed by atoms with Gasteiger partial charge >= 0.3 is 0 Å². The smallest absolute Gasteiger partial charge is 0.147 e. The molecule has 0 aromatic heterocycles. The van der Waals surface area contributed by atoms with Crippen LogP contribution >= 0.6 is 0 Å². The van der Waals surface area contributed by atoms with Crippen LogP contribution in [0.15, 0.2) is 71.9 Å². The van der Waals surface area contributed by atoms with Crippen LogP contribution in [0.3, 0.4) is 0 Å². The SMILES string of the molecule is C=Cc1cc(F)c(N)c(C(=N)/C=C/C2C=NC=CC2)c1.CNCC1=CC=CC1. The molecule has 0 radical (unpaired) electrons. The molecule has 1 atom stereocenters. The molecule has 0 fully saturated rings. The summed E-state index contributed by atoms with van der Waals surface area (Å²) in [6.07, 6.45) is 19.0. The van der Waals surface area contributed by atoms with Crippen molar-refractivity contribution in [1.82, 2.24) is 5.32 Å². The molecule has 28 heavy (non-hydrogen) atoms. The van der Waals surface area contributed by atoms with Gasteiger partial charge in [0, 0.05) is 30.4 Å². The highest BCUT2D eigenvalue weighted by atomic mass is 19.1. The van der Waals surface area contributed by atoms with Crippen molar-refractivity contribution in [3.8, 4) is 0 Å². The number of benzene rings is 1. The zero-order valence-corrected chi connectivity index (χ0v) is 16.2. The van der Waals surface area contributed by atoms with Crippen molar-refractivity contribution in [2.75, 3.05) is 19.3 Å². The zero-order chi connectivity index (χ0) is 20.4. The van der Waals surface area contributed by atoms with E-state index in [1.165, 1.54) is 17.7 Å². The lowest BCUT2D eigenvalue weighted by Gasteiger charge is -2.09. The summed E-state index contributed by atoms with van der Waals surface area (Å²) in [4.78, 5) is 4.04. The summed E-state index contributed by atoms with van der Waals surface area (Å²) in [5.74, 6) is -0.369. The van der Waals surface area contributed by atoms with Gasteiger partial charge in [-0.15, -0.1) is 0 Å². The van der Waals surface area contributed by atoms with E-state index >= 15 is 0 Å². The summed E-state index contributed by atoms with van der Waals surface area (Å²) >= 11 is 0. The molecule has 4 N–H and O–H groups in total. The van der Waals surface area contributed by atoms with Gasteiger partial charge in [0.2, 0.25) is 0 Å². The van der Waals surface area contributed by atoms with E-state index in [4.69, 9.17) is 11.1 Å². The maximum atomic E-state index is 13.7. The number of allylic oxidation sites excluding steroid dienone is 6. The number of halogens is 1. The molecule has 5 heteroatoms. The highest BCUT2D eigenvalue weighted by Gasteiger charge is 2.10. The van der Waals surface area contributed by atoms with E-state index in [1.807, 2.05) is 25.4 Å². The van der Waals surface area contributed by atoms with Crippen LogP contribution in [0, 0.1) is 17.1 Å². The van der Waals surface area contributed by atoms with Gasteiger partial charge in [-0.2, -0.15) is 0 Å². The molecule has 0 saturated carbocycles. The van der Waals surface area contributed by atoms with Crippen LogP contribution in [0.5, 0.6) is 0 Å². The fraction of sp³-hybridized carbons (Fsp3) is 0.217. The fourth-order valence-electron chi connectivity index (χ4n) is 2.77. The van der Waals surface area contributed by atoms with E-state index in [-0.39, 0.29) is 17.3 Å². The van der Waals surface area contributed by atoms with Crippen molar-refractivity contribution in [3.05, 3.63) is 83.9 Å². The second kappa shape index (κ2) is 10.9. The third kappa shape index (κ3) is 6.28. The van der Waals surface area contributed by atoms with Gasteiger partial charge in [-0.3, -0.25) is 4.99 Å². The molecular weight excluding hydrogens is 351 g/mol. The van der Waals surface area contributed by atoms with Gasteiger partial charge < -0.3 is 16.5 Å². The number of anilines is 1. The molecule has 4 nitrogen and oxygen atoms in total. The molecule has 3 rings (SSSR count). The number of hydrogen-bond acceptors (Lipinski definition) is 4. The number of nitrogens with two attached hydrogens (primary N) is 1. The lowest BCUT2D eigenvalue weighted by molar-refractivity contribution is 0.632. The van der Waals surface area contributed by atoms with Crippen LogP contribution in [0.25, 0.3) is 6.08 Å². The van der Waals surface area contributed by atoms with Crippen molar-refractivity contribution in [2.45, 2.75) is 12.8 Å². The maximum absolute atomic E-state index is 13.7. The first-order chi connectivity index (χ1) is 13.5. The molecule has 0 amide bonds. The van der Waals surface area contributed by atoms with Crippen LogP contribution in [-0.2, 0) is 0 Å². The molecule has 2 aliphatic rings. The summed E-state index contributed by atoms with van der Waals surface area (Å²) in [6, 6.07) is 2.97. The molecule has 1 unspecified atom stereocenters. The largest absolute Gasteiger partial charge is 0.396 e. The Morgan fingerprint density at radius 2 is 2.25 bits per heavy atom. The minimum atomic E-state index is -0.530. The van der Waals surface area contributed by atoms with Gasteiger partial charge in [0.1, 0.15) is 5.82 Å². The first-order valence-corrected chi connectivity index (χ1v) is 9.21. The number of hydrogen-bond donors (Lipinski definition) is 3. The molecular formula is C23H27FN4. The Morgan fingerprint density at radius 3 is 2.86 bits per heavy atom. The van der Waals surface area contributed by atoms with E-state index in [2.05, 4.69) is 35.1 Å². The van der Waals surface area contributed by atoms with Gasteiger partial charge in [-0.05, 0) is 43.7 Å². The van der Waals surface area contributed by atoms with Gasteiger partial charge in [0.25, 0.3) is 0 Å². The highest BCUT2D eigenvalue weighted by Crippen LogP contribution is 2.21. The standard InChI is InChI=1S/C16H16FN3.C7H11N/c1-2-11-8-13(16(19)14(17)9-11)15(18)6-5-12-4-3-7-20-10-12;1-8-6-7-4-2-3-5-7/h2-3,5-10,12,18H,1,4,19H2;2-4,8H,5-6H2,1H3/b6-5+,18-15?;. The third-order valence-electron chi connectivity index (χ3n) is 4.32. The lowest BCUT2D eigenvalue weighted by Crippen LogP contribution is -2.08. The summed E-state index contributed by atoms with van der Waals surface area (Å²) in [7, 11) is 1.97. The first kappa shape index (κ1) is 21.3. The maximum Gasteiger partial charge on any atom is 0.147 e. The summed E-state index contributed by atoms with van der Waals surface area (Å²) < 4.78 is 13.7. The van der Waals surface area contributed by atoms with Crippen molar-refractivity contribution in [3.63, 3.8) is 0 Å². The molecule has 0 spiro atoms. The third-order valence-corrected chi connectivity index (χ3v) is 4.32. The lowest BCUT2D eigenvalue weighted by atomic mass is 10.00. The Labute approximate surface area is 166 Å². The fourth-order valence-corrected chi connectivity index (χ4v) is 2.77. The normalized spacial score (nSPS) is 17.4. The Morgan fingerprint density at radius 1 is 1.43 bits per heavy atom. The van der Waals surface area contributed by atoms with Crippen LogP contribution < -0.4 is 11.1 Å². The van der Waals surface area contributed by atoms with E-state index in [1.54, 1.807) is 18.3 Å². The van der Waals surface area contributed by atoms with E-state index < -0.39 is 5.82 Å². The molecule has 0 bridgehead atoms. The van der Waals surface area contributed by atoms with E-state index in [0.29, 0.717) is 11.1 Å². The molecule has 0 saturated heterocycles. The minimum absolute atomic E-state index is 0.0116. The number of nitrogens with one attached hydrogen (secondary N) is 2. The second-order valence-electron chi connectivity index (χ2n) is 6.51. The number of aliphatic imine (C=N–C) groups is 1. The van der Waals surface area contributed by atoms with Crippen molar-refractivity contribution in [1.29, 1.82) is 5.41 Å². The summed E-state index contributed by atoms with van der Waals surface area (Å²) in [5.41, 5.74) is 8.31. The van der Waals surface area contributed by atoms with E-state index in [0.717, 1.165) is 19.4 Å². The Bertz CT molecular complexity index is 860. The Kier molecular flexibility index (Phi) is 8.31. The van der Waals surface area contributed by atoms with Gasteiger partial charge in [0.05, 0.1) is 11.4 Å². The Hall–Kier alpha value is -3.05. The van der Waals surface area contributed by atoms with Gasteiger partial charge in [-0.1, -0.05) is 48.6 Å². The molecule has 1 aliphatic heterocycles. The molecule has 1 aromatic rings. The second-order valence-corrected chi connectivity index (χ2v) is 6.51. The molecule has 146 valence electrons. The topological polar surface area (TPSA) is 74.3 Å². The predicted octanol–water partition coefficient (Wildman–Crippen LogP) is 4.67. The zero-order valence-electron chi connectivity index (χ0n) is 16.2. The van der Waals surface area contributed by atoms with Gasteiger partial charge in [-0.25, -0.2) is 4.39 Å². The summed E-state index contributed by atoms with van der Waals surface area (Å²) in [6.45, 7) is 4.64. The monoisotopic (exact) mass is 378 g/mol. The van der Waals surface area contributed by atoms with Crippen LogP contribution in [0.2, 0.25) is 0 Å². The quantitative estimate of drug-likeness (QED) is 0.497. The highest BCUT2D eigenvalue weighted by molar-refractivity contribution is 6.10. The van der Waals surface area contributed by atoms with Crippen molar-refractivity contribution >= 4 is 23.7 Å². The average molecular weight is 378 g/mol.